The van der Waals surface area contributed by atoms with Gasteiger partial charge in [-0.1, -0.05) is 30.3 Å². The summed E-state index contributed by atoms with van der Waals surface area (Å²) in [5.74, 6) is -2.81. The first-order valence-electron chi connectivity index (χ1n) is 11.8. The summed E-state index contributed by atoms with van der Waals surface area (Å²) in [6.07, 6.45) is 1.43. The summed E-state index contributed by atoms with van der Waals surface area (Å²) in [7, 11) is 2.69. The van der Waals surface area contributed by atoms with Crippen molar-refractivity contribution >= 4 is 34.8 Å². The van der Waals surface area contributed by atoms with Crippen LogP contribution in [0, 0.1) is 6.92 Å². The Kier molecular flexibility index (Phi) is 11.9. The quantitative estimate of drug-likeness (QED) is 0.193. The largest absolute Gasteiger partial charge is 0.393 e. The Morgan fingerprint density at radius 1 is 0.974 bits per heavy atom. The highest BCUT2D eigenvalue weighted by molar-refractivity contribution is 7.13. The number of aromatic nitrogens is 1. The molecule has 2 unspecified atom stereocenters. The van der Waals surface area contributed by atoms with Gasteiger partial charge in [-0.05, 0) is 25.8 Å². The fourth-order valence-electron chi connectivity index (χ4n) is 3.45. The molecule has 0 radical (unpaired) electrons. The van der Waals surface area contributed by atoms with Gasteiger partial charge in [0.25, 0.3) is 5.91 Å². The molecule has 38 heavy (non-hydrogen) atoms. The maximum Gasteiger partial charge on any atom is 0.263 e. The first-order chi connectivity index (χ1) is 18.0. The lowest BCUT2D eigenvalue weighted by atomic mass is 9.91. The van der Waals surface area contributed by atoms with Gasteiger partial charge in [0.1, 0.15) is 22.6 Å². The molecule has 0 saturated carbocycles. The average molecular weight is 551 g/mol. The third kappa shape index (κ3) is 8.96. The van der Waals surface area contributed by atoms with E-state index in [0.29, 0.717) is 15.4 Å². The van der Waals surface area contributed by atoms with Gasteiger partial charge in [0.2, 0.25) is 11.8 Å². The molecule has 0 aliphatic carbocycles. The highest BCUT2D eigenvalue weighted by Crippen LogP contribution is 2.13. The van der Waals surface area contributed by atoms with Gasteiger partial charge in [-0.25, -0.2) is 4.98 Å². The Bertz CT molecular complexity index is 1090. The molecule has 3 amide bonds. The number of benzene rings is 1. The van der Waals surface area contributed by atoms with Crippen molar-refractivity contribution in [3.8, 4) is 0 Å². The van der Waals surface area contributed by atoms with E-state index in [1.165, 1.54) is 20.4 Å². The number of aliphatic hydroxyl groups is 2. The Hall–Kier alpha value is -3.23. The van der Waals surface area contributed by atoms with Crippen LogP contribution in [0.5, 0.6) is 0 Å². The number of ether oxygens (including phenoxy) is 2. The first kappa shape index (κ1) is 31.0. The molecule has 12 nitrogen and oxygen atoms in total. The zero-order chi connectivity index (χ0) is 28.3. The number of rotatable bonds is 15. The van der Waals surface area contributed by atoms with Crippen molar-refractivity contribution in [2.24, 2.45) is 0 Å². The molecule has 0 aliphatic heterocycles. The second-order valence-electron chi connectivity index (χ2n) is 8.79. The fraction of sp³-hybridized carbons (Fsp3) is 0.480. The minimum Gasteiger partial charge on any atom is -0.393 e. The standard InChI is InChI=1S/C25H34N4O8S/c1-15-26-11-20(38-15)24(34)29-19(13-37-4)23(33)28-18(12-36-3)22(32)27-17(21(31)25(2,35)14-30)10-16-8-6-5-7-9-16/h5-9,11,17-19,30,35H,10,12-14H2,1-4H3,(H,27,32)(H,28,33)(H,29,34)/t17?,18-,19?,25+/m0/s1. The van der Waals surface area contributed by atoms with Crippen molar-refractivity contribution in [2.75, 3.05) is 34.0 Å². The minimum absolute atomic E-state index is 0.0336. The number of amides is 3. The van der Waals surface area contributed by atoms with Crippen LogP contribution in [-0.2, 0) is 30.3 Å². The SMILES string of the molecule is COCC(NC(=O)c1cnc(C)s1)C(=O)N[C@@H](COC)C(=O)NC(Cc1ccccc1)C(=O)[C@](C)(O)CO. The van der Waals surface area contributed by atoms with Crippen molar-refractivity contribution in [3.05, 3.63) is 52.0 Å². The lowest BCUT2D eigenvalue weighted by Crippen LogP contribution is -2.60. The molecule has 1 aromatic heterocycles. The monoisotopic (exact) mass is 550 g/mol. The van der Waals surface area contributed by atoms with Crippen LogP contribution in [0.25, 0.3) is 0 Å². The molecule has 4 atom stereocenters. The summed E-state index contributed by atoms with van der Waals surface area (Å²) in [6, 6.07) is 5.20. The number of nitrogens with zero attached hydrogens (tertiary/aromatic N) is 1. The number of nitrogens with one attached hydrogen (secondary N) is 3. The Labute approximate surface area is 224 Å². The van der Waals surface area contributed by atoms with Crippen molar-refractivity contribution in [2.45, 2.75) is 44.0 Å². The zero-order valence-electron chi connectivity index (χ0n) is 21.7. The van der Waals surface area contributed by atoms with Gasteiger partial charge in [0.15, 0.2) is 5.78 Å². The van der Waals surface area contributed by atoms with Crippen molar-refractivity contribution in [1.29, 1.82) is 0 Å². The molecule has 0 saturated heterocycles. The molecular formula is C25H34N4O8S. The van der Waals surface area contributed by atoms with Crippen LogP contribution < -0.4 is 16.0 Å². The number of hydrogen-bond acceptors (Lipinski definition) is 10. The smallest absolute Gasteiger partial charge is 0.263 e. The summed E-state index contributed by atoms with van der Waals surface area (Å²) in [5.41, 5.74) is -1.40. The van der Waals surface area contributed by atoms with E-state index in [1.54, 1.807) is 37.3 Å². The summed E-state index contributed by atoms with van der Waals surface area (Å²) in [6.45, 7) is 1.62. The lowest BCUT2D eigenvalue weighted by molar-refractivity contribution is -0.144. The van der Waals surface area contributed by atoms with E-state index in [-0.39, 0.29) is 19.6 Å². The van der Waals surface area contributed by atoms with Crippen LogP contribution in [0.4, 0.5) is 0 Å². The van der Waals surface area contributed by atoms with E-state index in [9.17, 15) is 29.4 Å². The van der Waals surface area contributed by atoms with Gasteiger partial charge in [0, 0.05) is 14.2 Å². The molecule has 2 aromatic rings. The van der Waals surface area contributed by atoms with Crippen molar-refractivity contribution in [1.82, 2.24) is 20.9 Å². The highest BCUT2D eigenvalue weighted by Gasteiger charge is 2.37. The molecule has 0 aliphatic rings. The van der Waals surface area contributed by atoms with E-state index in [0.717, 1.165) is 18.3 Å². The van der Waals surface area contributed by atoms with Crippen LogP contribution in [0.2, 0.25) is 0 Å². The molecule has 208 valence electrons. The number of aryl methyl sites for hydroxylation is 1. The Balaban J connectivity index is 2.18. The number of carbonyl (C=O) groups excluding carboxylic acids is 4. The van der Waals surface area contributed by atoms with Gasteiger partial charge < -0.3 is 35.6 Å². The predicted octanol–water partition coefficient (Wildman–Crippen LogP) is -0.633. The van der Waals surface area contributed by atoms with Gasteiger partial charge >= 0.3 is 0 Å². The minimum atomic E-state index is -2.10. The third-order valence-electron chi connectivity index (χ3n) is 5.52. The average Bonchev–Trinajstić information content (AvgIpc) is 3.34. The normalized spacial score (nSPS) is 15.0. The molecule has 0 fully saturated rings. The third-order valence-corrected chi connectivity index (χ3v) is 6.43. The second-order valence-corrected chi connectivity index (χ2v) is 10.0. The number of ketones is 1. The van der Waals surface area contributed by atoms with Gasteiger partial charge in [0.05, 0.1) is 37.1 Å². The molecule has 0 spiro atoms. The number of aliphatic hydroxyl groups excluding tert-OH is 1. The van der Waals surface area contributed by atoms with Crippen LogP contribution in [0.3, 0.4) is 0 Å². The summed E-state index contributed by atoms with van der Waals surface area (Å²) < 4.78 is 10.2. The topological polar surface area (TPSA) is 176 Å². The van der Waals surface area contributed by atoms with E-state index in [4.69, 9.17) is 9.47 Å². The number of thiazole rings is 1. The maximum absolute atomic E-state index is 13.2. The van der Waals surface area contributed by atoms with E-state index in [2.05, 4.69) is 20.9 Å². The van der Waals surface area contributed by atoms with Gasteiger partial charge in [-0.15, -0.1) is 11.3 Å². The number of methoxy groups -OCH3 is 2. The Morgan fingerprint density at radius 3 is 2.03 bits per heavy atom. The van der Waals surface area contributed by atoms with E-state index in [1.807, 2.05) is 0 Å². The molecule has 5 N–H and O–H groups in total. The number of Topliss-reactive ketones (excluding diaryl/α,β-unsaturated/α-hetero) is 1. The molecule has 1 aromatic carbocycles. The van der Waals surface area contributed by atoms with Gasteiger partial charge in [-0.3, -0.25) is 19.2 Å². The van der Waals surface area contributed by atoms with Crippen LogP contribution in [0.1, 0.15) is 27.2 Å². The van der Waals surface area contributed by atoms with Crippen molar-refractivity contribution in [3.63, 3.8) is 0 Å². The lowest BCUT2D eigenvalue weighted by Gasteiger charge is -2.28. The van der Waals surface area contributed by atoms with Crippen LogP contribution in [0.15, 0.2) is 36.5 Å². The predicted molar refractivity (Wildman–Crippen MR) is 139 cm³/mol. The molecule has 2 rings (SSSR count). The van der Waals surface area contributed by atoms with Gasteiger partial charge in [-0.2, -0.15) is 0 Å². The van der Waals surface area contributed by atoms with Crippen molar-refractivity contribution < 1.29 is 38.9 Å². The first-order valence-corrected chi connectivity index (χ1v) is 12.6. The zero-order valence-corrected chi connectivity index (χ0v) is 22.5. The molecule has 1 heterocycles. The van der Waals surface area contributed by atoms with Crippen LogP contribution >= 0.6 is 11.3 Å². The summed E-state index contributed by atoms with van der Waals surface area (Å²) in [4.78, 5) is 56.1. The van der Waals surface area contributed by atoms with E-state index >= 15 is 0 Å². The highest BCUT2D eigenvalue weighted by atomic mass is 32.1. The Morgan fingerprint density at radius 2 is 1.53 bits per heavy atom. The molecule has 13 heteroatoms. The van der Waals surface area contributed by atoms with Crippen LogP contribution in [-0.4, -0.2) is 96.5 Å². The summed E-state index contributed by atoms with van der Waals surface area (Å²) >= 11 is 1.16. The number of carbonyl (C=O) groups is 4. The molecule has 0 bridgehead atoms. The molecular weight excluding hydrogens is 516 g/mol. The maximum atomic E-state index is 13.2. The van der Waals surface area contributed by atoms with E-state index < -0.39 is 53.8 Å². The second kappa shape index (κ2) is 14.6. The number of hydrogen-bond donors (Lipinski definition) is 5. The fourth-order valence-corrected chi connectivity index (χ4v) is 4.13. The summed E-state index contributed by atoms with van der Waals surface area (Å²) in [5, 5.41) is 28.1.